The minimum absolute atomic E-state index is 0.142. The summed E-state index contributed by atoms with van der Waals surface area (Å²) in [6.45, 7) is 11.0. The second kappa shape index (κ2) is 26.4. The molecule has 1 aromatic rings. The van der Waals surface area contributed by atoms with Crippen LogP contribution in [0.25, 0.3) is 0 Å². The van der Waals surface area contributed by atoms with Crippen molar-refractivity contribution in [3.8, 4) is 0 Å². The number of hydrogen-bond acceptors (Lipinski definition) is 10. The number of rotatable bonds is 3. The number of nitrogens with zero attached hydrogens (tertiary/aromatic N) is 1. The Bertz CT molecular complexity index is 730. The van der Waals surface area contributed by atoms with Crippen molar-refractivity contribution in [2.75, 3.05) is 45.8 Å². The van der Waals surface area contributed by atoms with Crippen molar-refractivity contribution in [2.45, 2.75) is 40.2 Å². The van der Waals surface area contributed by atoms with Crippen LogP contribution < -0.4 is 21.3 Å². The number of aliphatic carboxylic acids is 4. The molecule has 0 radical (unpaired) electrons. The van der Waals surface area contributed by atoms with Gasteiger partial charge in [-0.2, -0.15) is 0 Å². The standard InChI is InChI=1S/C15H25N5O2.4C2H4O2/c21-20(22)15-3-1-13(2-4-15)11-14-12-18-8-7-16-5-6-17-9-10-19-14;4*1-2(3)4/h1-4,14,16-19H,5-12H2;4*1H3,(H,3,4)/t14-;;;;/m0..../s1. The fourth-order valence-electron chi connectivity index (χ4n) is 2.50. The molecule has 0 saturated carbocycles. The van der Waals surface area contributed by atoms with E-state index in [0.29, 0.717) is 6.04 Å². The first-order valence-corrected chi connectivity index (χ1v) is 11.6. The van der Waals surface area contributed by atoms with Gasteiger partial charge in [-0.25, -0.2) is 0 Å². The van der Waals surface area contributed by atoms with Gasteiger partial charge in [-0.1, -0.05) is 12.1 Å². The van der Waals surface area contributed by atoms with Crippen LogP contribution >= 0.6 is 0 Å². The molecule has 0 unspecified atom stereocenters. The molecule has 1 atom stereocenters. The zero-order valence-electron chi connectivity index (χ0n) is 22.2. The zero-order valence-corrected chi connectivity index (χ0v) is 22.2. The van der Waals surface area contributed by atoms with E-state index in [9.17, 15) is 10.1 Å². The first kappa shape index (κ1) is 38.9. The summed E-state index contributed by atoms with van der Waals surface area (Å²) in [5, 5.41) is 54.1. The normalized spacial score (nSPS) is 15.1. The summed E-state index contributed by atoms with van der Waals surface area (Å²) in [5.41, 5.74) is 1.26. The largest absolute Gasteiger partial charge is 0.481 e. The molecule has 38 heavy (non-hydrogen) atoms. The Morgan fingerprint density at radius 2 is 1.08 bits per heavy atom. The second-order valence-electron chi connectivity index (χ2n) is 7.56. The minimum Gasteiger partial charge on any atom is -0.481 e. The summed E-state index contributed by atoms with van der Waals surface area (Å²) in [4.78, 5) is 46.3. The maximum atomic E-state index is 10.7. The summed E-state index contributed by atoms with van der Waals surface area (Å²) in [6, 6.07) is 7.15. The Kier molecular flexibility index (Phi) is 27.0. The highest BCUT2D eigenvalue weighted by atomic mass is 16.6. The van der Waals surface area contributed by atoms with Crippen molar-refractivity contribution in [2.24, 2.45) is 0 Å². The Labute approximate surface area is 221 Å². The van der Waals surface area contributed by atoms with E-state index in [2.05, 4.69) is 21.3 Å². The molecule has 218 valence electrons. The Morgan fingerprint density at radius 3 is 1.45 bits per heavy atom. The highest BCUT2D eigenvalue weighted by Crippen LogP contribution is 2.13. The van der Waals surface area contributed by atoms with E-state index in [4.69, 9.17) is 39.6 Å². The predicted molar refractivity (Wildman–Crippen MR) is 140 cm³/mol. The molecule has 1 heterocycles. The molecule has 1 aliphatic heterocycles. The number of carboxylic acids is 4. The molecule has 1 aliphatic rings. The average Bonchev–Trinajstić information content (AvgIpc) is 2.74. The van der Waals surface area contributed by atoms with Crippen molar-refractivity contribution in [3.63, 3.8) is 0 Å². The molecule has 1 fully saturated rings. The molecule has 0 aromatic heterocycles. The van der Waals surface area contributed by atoms with Crippen molar-refractivity contribution in [3.05, 3.63) is 39.9 Å². The van der Waals surface area contributed by atoms with Crippen LogP contribution in [0.4, 0.5) is 5.69 Å². The van der Waals surface area contributed by atoms with Gasteiger partial charge in [0.2, 0.25) is 0 Å². The molecule has 2 rings (SSSR count). The molecule has 0 spiro atoms. The topological polar surface area (TPSA) is 240 Å². The third-order valence-electron chi connectivity index (χ3n) is 3.71. The highest BCUT2D eigenvalue weighted by Gasteiger charge is 2.11. The van der Waals surface area contributed by atoms with E-state index in [1.54, 1.807) is 12.1 Å². The lowest BCUT2D eigenvalue weighted by Gasteiger charge is -2.21. The van der Waals surface area contributed by atoms with Gasteiger partial charge in [0, 0.05) is 91.7 Å². The smallest absolute Gasteiger partial charge is 0.300 e. The van der Waals surface area contributed by atoms with E-state index in [-0.39, 0.29) is 10.6 Å². The number of hydrogen-bond donors (Lipinski definition) is 8. The van der Waals surface area contributed by atoms with Crippen LogP contribution in [0, 0.1) is 10.1 Å². The number of nitro benzene ring substituents is 1. The van der Waals surface area contributed by atoms with E-state index in [1.807, 2.05) is 12.1 Å². The third-order valence-corrected chi connectivity index (χ3v) is 3.71. The van der Waals surface area contributed by atoms with Crippen molar-refractivity contribution < 1.29 is 44.5 Å². The Morgan fingerprint density at radius 1 is 0.737 bits per heavy atom. The summed E-state index contributed by atoms with van der Waals surface area (Å²) >= 11 is 0. The number of carbonyl (C=O) groups is 4. The van der Waals surface area contributed by atoms with Crippen LogP contribution in [0.5, 0.6) is 0 Å². The van der Waals surface area contributed by atoms with Gasteiger partial charge in [-0.3, -0.25) is 29.3 Å². The molecule has 1 saturated heterocycles. The second-order valence-corrected chi connectivity index (χ2v) is 7.56. The van der Waals surface area contributed by atoms with Gasteiger partial charge in [0.1, 0.15) is 0 Å². The summed E-state index contributed by atoms with van der Waals surface area (Å²) in [7, 11) is 0. The lowest BCUT2D eigenvalue weighted by molar-refractivity contribution is -0.384. The summed E-state index contributed by atoms with van der Waals surface area (Å²) < 4.78 is 0. The van der Waals surface area contributed by atoms with E-state index in [0.717, 1.165) is 85.5 Å². The van der Waals surface area contributed by atoms with E-state index >= 15 is 0 Å². The van der Waals surface area contributed by atoms with Crippen LogP contribution in [0.1, 0.15) is 33.3 Å². The molecular formula is C23H41N5O10. The molecule has 0 amide bonds. The summed E-state index contributed by atoms with van der Waals surface area (Å²) in [6.07, 6.45) is 0.860. The fourth-order valence-corrected chi connectivity index (χ4v) is 2.50. The van der Waals surface area contributed by atoms with Gasteiger partial charge in [0.15, 0.2) is 0 Å². The lowest BCUT2D eigenvalue weighted by Crippen LogP contribution is -2.46. The quantitative estimate of drug-likeness (QED) is 0.187. The van der Waals surface area contributed by atoms with Crippen LogP contribution in [-0.2, 0) is 25.6 Å². The average molecular weight is 548 g/mol. The Balaban J connectivity index is -0.000000627. The van der Waals surface area contributed by atoms with Gasteiger partial charge in [0.25, 0.3) is 29.6 Å². The number of benzene rings is 1. The van der Waals surface area contributed by atoms with Crippen LogP contribution in [-0.4, -0.2) is 101 Å². The molecule has 0 bridgehead atoms. The number of carboxylic acid groups (broad SMARTS) is 4. The van der Waals surface area contributed by atoms with Crippen molar-refractivity contribution in [1.82, 2.24) is 21.3 Å². The maximum Gasteiger partial charge on any atom is 0.300 e. The fraction of sp³-hybridized carbons (Fsp3) is 0.565. The van der Waals surface area contributed by atoms with Crippen LogP contribution in [0.15, 0.2) is 24.3 Å². The number of nitrogens with one attached hydrogen (secondary N) is 4. The molecule has 0 aliphatic carbocycles. The first-order chi connectivity index (χ1) is 17.7. The van der Waals surface area contributed by atoms with Gasteiger partial charge in [-0.05, 0) is 12.0 Å². The van der Waals surface area contributed by atoms with Gasteiger partial charge in [-0.15, -0.1) is 0 Å². The van der Waals surface area contributed by atoms with E-state index in [1.165, 1.54) is 0 Å². The number of nitro groups is 1. The van der Waals surface area contributed by atoms with Crippen LogP contribution in [0.3, 0.4) is 0 Å². The number of non-ortho nitro benzene ring substituents is 1. The molecule has 1 aromatic carbocycles. The van der Waals surface area contributed by atoms with Crippen molar-refractivity contribution >= 4 is 29.6 Å². The first-order valence-electron chi connectivity index (χ1n) is 11.6. The SMILES string of the molecule is CC(=O)O.CC(=O)O.CC(=O)O.CC(=O)O.O=[N+]([O-])c1ccc(C[C@H]2CNCCNCCNCCN2)cc1. The highest BCUT2D eigenvalue weighted by molar-refractivity contribution is 5.63. The minimum atomic E-state index is -0.833. The molecule has 15 heteroatoms. The monoisotopic (exact) mass is 547 g/mol. The summed E-state index contributed by atoms with van der Waals surface area (Å²) in [5.74, 6) is -3.33. The van der Waals surface area contributed by atoms with Gasteiger partial charge in [0.05, 0.1) is 4.92 Å². The van der Waals surface area contributed by atoms with E-state index < -0.39 is 23.9 Å². The molecule has 8 N–H and O–H groups in total. The maximum absolute atomic E-state index is 10.7. The van der Waals surface area contributed by atoms with Crippen molar-refractivity contribution in [1.29, 1.82) is 0 Å². The predicted octanol–water partition coefficient (Wildman–Crippen LogP) is 0.242. The zero-order chi connectivity index (χ0) is 29.9. The third kappa shape index (κ3) is 39.5. The lowest BCUT2D eigenvalue weighted by atomic mass is 10.1. The molecule has 15 nitrogen and oxygen atoms in total. The van der Waals surface area contributed by atoms with Crippen LogP contribution in [0.2, 0.25) is 0 Å². The van der Waals surface area contributed by atoms with Gasteiger partial charge >= 0.3 is 0 Å². The van der Waals surface area contributed by atoms with Gasteiger partial charge < -0.3 is 41.7 Å². The molecular weight excluding hydrogens is 506 g/mol. The Hall–Kier alpha value is -3.66.